The van der Waals surface area contributed by atoms with Gasteiger partial charge in [0.25, 0.3) is 0 Å². The van der Waals surface area contributed by atoms with Crippen molar-refractivity contribution >= 4 is 11.0 Å². The van der Waals surface area contributed by atoms with Crippen molar-refractivity contribution in [2.75, 3.05) is 6.61 Å². The fourth-order valence-electron chi connectivity index (χ4n) is 2.92. The number of allylic oxidation sites excluding steroid dienone is 3. The van der Waals surface area contributed by atoms with Gasteiger partial charge in [-0.05, 0) is 79.5 Å². The van der Waals surface area contributed by atoms with Gasteiger partial charge in [0, 0.05) is 6.07 Å². The van der Waals surface area contributed by atoms with E-state index >= 15 is 0 Å². The third kappa shape index (κ3) is 6.97. The molecule has 0 aliphatic heterocycles. The van der Waals surface area contributed by atoms with Gasteiger partial charge in [0.2, 0.25) is 5.75 Å². The molecular weight excluding hydrogens is 380 g/mol. The lowest BCUT2D eigenvalue weighted by molar-refractivity contribution is 0.216. The third-order valence-corrected chi connectivity index (χ3v) is 4.27. The van der Waals surface area contributed by atoms with Crippen LogP contribution in [0.15, 0.2) is 50.7 Å². The van der Waals surface area contributed by atoms with Gasteiger partial charge in [-0.3, -0.25) is 0 Å². The number of hydrogen-bond donors (Lipinski definition) is 0. The normalized spacial score (nSPS) is 11.8. The maximum Gasteiger partial charge on any atom is 0.383 e. The molecular formula is C25H34O5. The van der Waals surface area contributed by atoms with E-state index in [2.05, 4.69) is 26.8 Å². The predicted octanol–water partition coefficient (Wildman–Crippen LogP) is 6.44. The van der Waals surface area contributed by atoms with Crippen LogP contribution in [0.25, 0.3) is 11.0 Å². The molecule has 0 unspecified atom stereocenters. The molecule has 0 aliphatic rings. The van der Waals surface area contributed by atoms with Crippen LogP contribution in [-0.2, 0) is 0 Å². The van der Waals surface area contributed by atoms with Gasteiger partial charge in [-0.1, -0.05) is 17.2 Å². The summed E-state index contributed by atoms with van der Waals surface area (Å²) in [5.41, 5.74) is 2.40. The molecule has 0 saturated carbocycles. The van der Waals surface area contributed by atoms with Crippen molar-refractivity contribution in [3.8, 4) is 17.2 Å². The fourth-order valence-corrected chi connectivity index (χ4v) is 2.92. The molecule has 1 heterocycles. The highest BCUT2D eigenvalue weighted by atomic mass is 16.5. The summed E-state index contributed by atoms with van der Waals surface area (Å²) in [4.78, 5) is 12.6. The molecule has 0 spiro atoms. The van der Waals surface area contributed by atoms with Crippen LogP contribution in [0, 0.1) is 0 Å². The summed E-state index contributed by atoms with van der Waals surface area (Å²) in [6.07, 6.45) is 6.07. The molecule has 0 N–H and O–H groups in total. The molecule has 0 radical (unpaired) electrons. The molecule has 0 aliphatic carbocycles. The van der Waals surface area contributed by atoms with Crippen LogP contribution in [0.3, 0.4) is 0 Å². The van der Waals surface area contributed by atoms with Gasteiger partial charge in [0.15, 0.2) is 5.75 Å². The molecule has 1 aromatic heterocycles. The van der Waals surface area contributed by atoms with Gasteiger partial charge in [-0.15, -0.1) is 0 Å². The summed E-state index contributed by atoms with van der Waals surface area (Å²) in [6.45, 7) is 14.2. The van der Waals surface area contributed by atoms with Crippen LogP contribution in [-0.4, -0.2) is 18.8 Å². The number of ether oxygens (including phenoxy) is 3. The molecule has 30 heavy (non-hydrogen) atoms. The van der Waals surface area contributed by atoms with Crippen molar-refractivity contribution in [1.29, 1.82) is 0 Å². The molecule has 0 bridgehead atoms. The van der Waals surface area contributed by atoms with Crippen LogP contribution in [0.4, 0.5) is 0 Å². The van der Waals surface area contributed by atoms with Crippen LogP contribution in [0.2, 0.25) is 0 Å². The summed E-state index contributed by atoms with van der Waals surface area (Å²) >= 11 is 0. The average molecular weight is 415 g/mol. The van der Waals surface area contributed by atoms with E-state index < -0.39 is 5.63 Å². The van der Waals surface area contributed by atoms with E-state index in [9.17, 15) is 4.79 Å². The molecule has 5 nitrogen and oxygen atoms in total. The summed E-state index contributed by atoms with van der Waals surface area (Å²) in [7, 11) is 0. The van der Waals surface area contributed by atoms with E-state index in [0.29, 0.717) is 29.1 Å². The Labute approximate surface area is 179 Å². The van der Waals surface area contributed by atoms with Crippen LogP contribution in [0.1, 0.15) is 61.3 Å². The first-order valence-electron chi connectivity index (χ1n) is 10.5. The molecule has 164 valence electrons. The lowest BCUT2D eigenvalue weighted by Crippen LogP contribution is -2.15. The minimum Gasteiger partial charge on any atom is -0.491 e. The van der Waals surface area contributed by atoms with Gasteiger partial charge in [0.05, 0.1) is 17.6 Å². The Morgan fingerprint density at radius 2 is 1.70 bits per heavy atom. The molecule has 2 rings (SSSR count). The van der Waals surface area contributed by atoms with Crippen molar-refractivity contribution in [3.05, 3.63) is 51.9 Å². The first-order valence-corrected chi connectivity index (χ1v) is 10.5. The predicted molar refractivity (Wildman–Crippen MR) is 122 cm³/mol. The molecule has 5 heteroatoms. The van der Waals surface area contributed by atoms with Crippen molar-refractivity contribution in [3.63, 3.8) is 0 Å². The third-order valence-electron chi connectivity index (χ3n) is 4.27. The first kappa shape index (κ1) is 23.6. The van der Waals surface area contributed by atoms with E-state index in [-0.39, 0.29) is 18.0 Å². The van der Waals surface area contributed by atoms with E-state index in [0.717, 1.165) is 12.8 Å². The van der Waals surface area contributed by atoms with Crippen molar-refractivity contribution in [2.45, 2.75) is 73.5 Å². The Morgan fingerprint density at radius 3 is 2.33 bits per heavy atom. The maximum atomic E-state index is 12.6. The van der Waals surface area contributed by atoms with Gasteiger partial charge in [0.1, 0.15) is 17.9 Å². The first-order chi connectivity index (χ1) is 14.2. The second kappa shape index (κ2) is 10.9. The van der Waals surface area contributed by atoms with E-state index in [1.807, 2.05) is 45.9 Å². The summed E-state index contributed by atoms with van der Waals surface area (Å²) < 4.78 is 23.0. The van der Waals surface area contributed by atoms with Gasteiger partial charge < -0.3 is 18.6 Å². The molecule has 0 atom stereocenters. The molecule has 0 fully saturated rings. The summed E-state index contributed by atoms with van der Waals surface area (Å²) in [5.74, 6) is 1.14. The highest BCUT2D eigenvalue weighted by Gasteiger charge is 2.19. The van der Waals surface area contributed by atoms with Crippen molar-refractivity contribution in [2.24, 2.45) is 0 Å². The fraction of sp³-hybridized carbons (Fsp3) is 0.480. The van der Waals surface area contributed by atoms with Crippen molar-refractivity contribution in [1.82, 2.24) is 0 Å². The minimum atomic E-state index is -0.558. The lowest BCUT2D eigenvalue weighted by atomic mass is 10.1. The highest BCUT2D eigenvalue weighted by molar-refractivity contribution is 5.86. The van der Waals surface area contributed by atoms with Gasteiger partial charge >= 0.3 is 5.63 Å². The zero-order chi connectivity index (χ0) is 22.3. The standard InChI is InChI=1S/C25H34O5/c1-16(2)9-8-10-19(7)13-14-27-23-21-12-11-20(28-17(3)4)15-22(21)30-25(26)24(23)29-18(5)6/h9,11-13,15,17-18H,8,10,14H2,1-7H3/b19-13+. The molecule has 0 saturated heterocycles. The largest absolute Gasteiger partial charge is 0.491 e. The molecule has 1 aromatic carbocycles. The monoisotopic (exact) mass is 414 g/mol. The molecule has 2 aromatic rings. The Kier molecular flexibility index (Phi) is 8.58. The summed E-state index contributed by atoms with van der Waals surface area (Å²) in [6, 6.07) is 5.39. The van der Waals surface area contributed by atoms with E-state index in [1.165, 1.54) is 11.1 Å². The van der Waals surface area contributed by atoms with E-state index in [4.69, 9.17) is 18.6 Å². The second-order valence-electron chi connectivity index (χ2n) is 8.22. The topological polar surface area (TPSA) is 57.9 Å². The SMILES string of the molecule is CC(C)=CCC/C(C)=C/COc1c(OC(C)C)c(=O)oc2cc(OC(C)C)ccc12. The number of rotatable bonds is 10. The highest BCUT2D eigenvalue weighted by Crippen LogP contribution is 2.35. The van der Waals surface area contributed by atoms with Crippen LogP contribution >= 0.6 is 0 Å². The Balaban J connectivity index is 2.34. The molecule has 0 amide bonds. The second-order valence-corrected chi connectivity index (χ2v) is 8.22. The lowest BCUT2D eigenvalue weighted by Gasteiger charge is -2.16. The maximum absolute atomic E-state index is 12.6. The average Bonchev–Trinajstić information content (AvgIpc) is 2.62. The Bertz CT molecular complexity index is 959. The number of hydrogen-bond acceptors (Lipinski definition) is 5. The Morgan fingerprint density at radius 1 is 1.00 bits per heavy atom. The minimum absolute atomic E-state index is 0.0212. The smallest absolute Gasteiger partial charge is 0.383 e. The number of fused-ring (bicyclic) bond motifs is 1. The summed E-state index contributed by atoms with van der Waals surface area (Å²) in [5, 5.41) is 0.678. The zero-order valence-electron chi connectivity index (χ0n) is 19.2. The van der Waals surface area contributed by atoms with Crippen molar-refractivity contribution < 1.29 is 18.6 Å². The van der Waals surface area contributed by atoms with Gasteiger partial charge in [-0.2, -0.15) is 0 Å². The van der Waals surface area contributed by atoms with Crippen LogP contribution in [0.5, 0.6) is 17.2 Å². The number of benzene rings is 1. The van der Waals surface area contributed by atoms with E-state index in [1.54, 1.807) is 6.07 Å². The Hall–Kier alpha value is -2.69. The zero-order valence-corrected chi connectivity index (χ0v) is 19.2. The quantitative estimate of drug-likeness (QED) is 0.331. The van der Waals surface area contributed by atoms with Crippen LogP contribution < -0.4 is 19.8 Å². The van der Waals surface area contributed by atoms with Gasteiger partial charge in [-0.25, -0.2) is 4.79 Å².